The minimum atomic E-state index is -3.40. The second-order valence-electron chi connectivity index (χ2n) is 7.47. The number of carbonyl (C=O) groups excluding carboxylic acids is 1. The molecule has 0 aromatic carbocycles. The van der Waals surface area contributed by atoms with Crippen LogP contribution in [0.3, 0.4) is 0 Å². The van der Waals surface area contributed by atoms with Crippen molar-refractivity contribution in [1.29, 1.82) is 0 Å². The second kappa shape index (κ2) is 6.84. The van der Waals surface area contributed by atoms with Gasteiger partial charge < -0.3 is 14.5 Å². The lowest BCUT2D eigenvalue weighted by atomic mass is 10.2. The summed E-state index contributed by atoms with van der Waals surface area (Å²) in [7, 11) is -3.40. The highest BCUT2D eigenvalue weighted by Crippen LogP contribution is 2.34. The van der Waals surface area contributed by atoms with Crippen molar-refractivity contribution in [3.05, 3.63) is 11.0 Å². The van der Waals surface area contributed by atoms with Gasteiger partial charge in [0.1, 0.15) is 10.5 Å². The molecule has 1 fully saturated rings. The number of rotatable bonds is 1. The molecule has 0 unspecified atom stereocenters. The van der Waals surface area contributed by atoms with Gasteiger partial charge in [0.15, 0.2) is 15.7 Å². The van der Waals surface area contributed by atoms with Crippen molar-refractivity contribution in [2.45, 2.75) is 44.1 Å². The van der Waals surface area contributed by atoms with Crippen LogP contribution in [0.1, 0.15) is 32.9 Å². The minimum absolute atomic E-state index is 0.0300. The third-order valence-electron chi connectivity index (χ3n) is 4.26. The van der Waals surface area contributed by atoms with Crippen LogP contribution in [0.5, 0.6) is 0 Å². The van der Waals surface area contributed by atoms with Crippen molar-refractivity contribution < 1.29 is 17.9 Å². The van der Waals surface area contributed by atoms with Crippen molar-refractivity contribution in [3.63, 3.8) is 0 Å². The molecule has 1 aromatic rings. The fourth-order valence-electron chi connectivity index (χ4n) is 3.13. The molecule has 0 radical (unpaired) electrons. The van der Waals surface area contributed by atoms with E-state index in [0.29, 0.717) is 50.5 Å². The molecule has 0 aliphatic carbocycles. The molecular formula is C16H23ClN4O4S. The Bertz CT molecular complexity index is 822. The summed E-state index contributed by atoms with van der Waals surface area (Å²) in [5.41, 5.74) is -0.0775. The number of nitrogens with zero attached hydrogens (tertiary/aromatic N) is 4. The molecule has 3 rings (SSSR count). The number of halogens is 1. The molecule has 1 aromatic heterocycles. The van der Waals surface area contributed by atoms with Crippen LogP contribution in [0.25, 0.3) is 0 Å². The summed E-state index contributed by atoms with van der Waals surface area (Å²) in [5.74, 6) is 0.380. The average molecular weight is 403 g/mol. The highest BCUT2D eigenvalue weighted by Gasteiger charge is 2.35. The Labute approximate surface area is 158 Å². The molecule has 26 heavy (non-hydrogen) atoms. The van der Waals surface area contributed by atoms with Crippen LogP contribution in [0.15, 0.2) is 4.90 Å². The van der Waals surface area contributed by atoms with E-state index < -0.39 is 15.4 Å². The number of ether oxygens (including phenoxy) is 1. The third kappa shape index (κ3) is 4.03. The fraction of sp³-hybridized carbons (Fsp3) is 0.688. The van der Waals surface area contributed by atoms with Gasteiger partial charge in [-0.3, -0.25) is 0 Å². The predicted molar refractivity (Wildman–Crippen MR) is 97.4 cm³/mol. The number of anilines is 1. The molecule has 2 aliphatic rings. The van der Waals surface area contributed by atoms with E-state index >= 15 is 0 Å². The molecule has 0 atom stereocenters. The summed E-state index contributed by atoms with van der Waals surface area (Å²) in [4.78, 5) is 24.3. The van der Waals surface area contributed by atoms with Crippen LogP contribution in [0.2, 0.25) is 5.28 Å². The van der Waals surface area contributed by atoms with Gasteiger partial charge in [0.25, 0.3) is 0 Å². The summed E-state index contributed by atoms with van der Waals surface area (Å²) in [6.45, 7) is 7.47. The number of aryl methyl sites for hydroxylation is 1. The van der Waals surface area contributed by atoms with E-state index in [1.54, 1.807) is 4.90 Å². The molecule has 10 heteroatoms. The van der Waals surface area contributed by atoms with E-state index in [4.69, 9.17) is 16.3 Å². The first-order valence-corrected chi connectivity index (χ1v) is 10.6. The molecule has 1 amide bonds. The van der Waals surface area contributed by atoms with Gasteiger partial charge in [-0.25, -0.2) is 18.2 Å². The molecule has 3 heterocycles. The van der Waals surface area contributed by atoms with Crippen molar-refractivity contribution >= 4 is 33.3 Å². The lowest BCUT2D eigenvalue weighted by Crippen LogP contribution is -2.39. The van der Waals surface area contributed by atoms with Crippen molar-refractivity contribution in [2.24, 2.45) is 0 Å². The van der Waals surface area contributed by atoms with E-state index in [1.807, 2.05) is 25.7 Å². The number of hydrogen-bond acceptors (Lipinski definition) is 7. The summed E-state index contributed by atoms with van der Waals surface area (Å²) in [5, 5.41) is 0.0455. The van der Waals surface area contributed by atoms with Gasteiger partial charge in [-0.05, 0) is 38.8 Å². The quantitative estimate of drug-likeness (QED) is 0.662. The standard InChI is InChI=1S/C16H23ClN4O4S/c1-16(2,3)25-15(22)21-7-4-6-20(8-9-21)13-12-11(18-14(17)19-13)5-10-26(12,23)24/h4-10H2,1-3H3. The number of hydrogen-bond donors (Lipinski definition) is 0. The van der Waals surface area contributed by atoms with E-state index in [0.717, 1.165) is 0 Å². The molecule has 0 bridgehead atoms. The highest BCUT2D eigenvalue weighted by molar-refractivity contribution is 7.91. The van der Waals surface area contributed by atoms with Crippen molar-refractivity contribution in [3.8, 4) is 0 Å². The molecule has 8 nitrogen and oxygen atoms in total. The zero-order chi connectivity index (χ0) is 19.1. The molecular weight excluding hydrogens is 380 g/mol. The van der Waals surface area contributed by atoms with Gasteiger partial charge in [0.05, 0.1) is 11.4 Å². The first-order chi connectivity index (χ1) is 12.1. The summed E-state index contributed by atoms with van der Waals surface area (Å²) < 4.78 is 30.2. The maximum absolute atomic E-state index is 12.4. The van der Waals surface area contributed by atoms with Crippen LogP contribution >= 0.6 is 11.6 Å². The number of amides is 1. The van der Waals surface area contributed by atoms with Crippen LogP contribution in [0.4, 0.5) is 10.6 Å². The van der Waals surface area contributed by atoms with Gasteiger partial charge in [0.2, 0.25) is 5.28 Å². The maximum Gasteiger partial charge on any atom is 0.410 e. The molecule has 1 saturated heterocycles. The SMILES string of the molecule is CC(C)(C)OC(=O)N1CCCN(c2nc(Cl)nc3c2S(=O)(=O)CC3)CC1. The number of carbonyl (C=O) groups is 1. The Balaban J connectivity index is 1.82. The Morgan fingerprint density at radius 3 is 2.58 bits per heavy atom. The monoisotopic (exact) mass is 402 g/mol. The Kier molecular flexibility index (Phi) is 5.04. The lowest BCUT2D eigenvalue weighted by Gasteiger charge is -2.27. The largest absolute Gasteiger partial charge is 0.444 e. The number of fused-ring (bicyclic) bond motifs is 1. The van der Waals surface area contributed by atoms with Crippen LogP contribution in [-0.2, 0) is 21.0 Å². The molecule has 0 N–H and O–H groups in total. The Morgan fingerprint density at radius 2 is 1.88 bits per heavy atom. The van der Waals surface area contributed by atoms with Crippen molar-refractivity contribution in [2.75, 3.05) is 36.8 Å². The van der Waals surface area contributed by atoms with Gasteiger partial charge in [-0.1, -0.05) is 0 Å². The normalized spacial score (nSPS) is 19.8. The highest BCUT2D eigenvalue weighted by atomic mass is 35.5. The van der Waals surface area contributed by atoms with E-state index in [1.165, 1.54) is 0 Å². The molecule has 2 aliphatic heterocycles. The zero-order valence-electron chi connectivity index (χ0n) is 15.2. The van der Waals surface area contributed by atoms with E-state index in [-0.39, 0.29) is 22.0 Å². The molecule has 0 saturated carbocycles. The average Bonchev–Trinajstić information content (AvgIpc) is 2.71. The van der Waals surface area contributed by atoms with Crippen LogP contribution in [0, 0.1) is 0 Å². The van der Waals surface area contributed by atoms with Gasteiger partial charge in [-0.2, -0.15) is 4.98 Å². The Hall–Kier alpha value is -1.61. The molecule has 0 spiro atoms. The number of sulfone groups is 1. The minimum Gasteiger partial charge on any atom is -0.444 e. The first kappa shape index (κ1) is 19.2. The summed E-state index contributed by atoms with van der Waals surface area (Å²) in [6, 6.07) is 0. The van der Waals surface area contributed by atoms with Gasteiger partial charge in [-0.15, -0.1) is 0 Å². The summed E-state index contributed by atoms with van der Waals surface area (Å²) >= 11 is 6.01. The topological polar surface area (TPSA) is 92.7 Å². The van der Waals surface area contributed by atoms with E-state index in [9.17, 15) is 13.2 Å². The lowest BCUT2D eigenvalue weighted by molar-refractivity contribution is 0.0263. The summed E-state index contributed by atoms with van der Waals surface area (Å²) in [6.07, 6.45) is 0.665. The van der Waals surface area contributed by atoms with Crippen LogP contribution in [-0.4, -0.2) is 66.9 Å². The van der Waals surface area contributed by atoms with Crippen molar-refractivity contribution in [1.82, 2.24) is 14.9 Å². The number of aromatic nitrogens is 2. The molecule has 144 valence electrons. The first-order valence-electron chi connectivity index (χ1n) is 8.59. The predicted octanol–water partition coefficient (Wildman–Crippen LogP) is 1.91. The Morgan fingerprint density at radius 1 is 1.15 bits per heavy atom. The third-order valence-corrected chi connectivity index (χ3v) is 6.21. The second-order valence-corrected chi connectivity index (χ2v) is 9.85. The smallest absolute Gasteiger partial charge is 0.410 e. The van der Waals surface area contributed by atoms with Gasteiger partial charge in [0, 0.05) is 32.6 Å². The van der Waals surface area contributed by atoms with Gasteiger partial charge >= 0.3 is 6.09 Å². The van der Waals surface area contributed by atoms with E-state index in [2.05, 4.69) is 9.97 Å². The van der Waals surface area contributed by atoms with Crippen LogP contribution < -0.4 is 4.90 Å². The maximum atomic E-state index is 12.4. The fourth-order valence-corrected chi connectivity index (χ4v) is 4.94. The zero-order valence-corrected chi connectivity index (χ0v) is 16.7.